The molecule has 12 heavy (non-hydrogen) atoms. The molecule has 4 heteroatoms. The maximum Gasteiger partial charge on any atom is 0.417 e. The molecule has 65 valence electrons. The summed E-state index contributed by atoms with van der Waals surface area (Å²) in [6.45, 7) is -0.391. The van der Waals surface area contributed by atoms with Crippen LogP contribution in [-0.2, 0) is 12.8 Å². The van der Waals surface area contributed by atoms with Crippen LogP contribution < -0.4 is 0 Å². The van der Waals surface area contributed by atoms with Gasteiger partial charge in [-0.15, -0.1) is 0 Å². The first kappa shape index (κ1) is 9.06. The zero-order valence-corrected chi connectivity index (χ0v) is 6.02. The van der Waals surface area contributed by atoms with E-state index in [0.29, 0.717) is 0 Å². The summed E-state index contributed by atoms with van der Waals surface area (Å²) in [4.78, 5) is 0. The van der Waals surface area contributed by atoms with Crippen LogP contribution in [0.2, 0.25) is 0 Å². The molecule has 0 unspecified atom stereocenters. The van der Waals surface area contributed by atoms with E-state index in [0.717, 1.165) is 12.1 Å². The molecule has 1 rings (SSSR count). The minimum absolute atomic E-state index is 0.237. The molecule has 1 aromatic carbocycles. The Hall–Kier alpha value is -1.03. The van der Waals surface area contributed by atoms with E-state index in [2.05, 4.69) is 0 Å². The molecule has 0 aliphatic rings. The molecule has 1 N–H and O–H groups in total. The lowest BCUT2D eigenvalue weighted by molar-refractivity contribution is -0.137. The largest absolute Gasteiger partial charge is 0.417 e. The van der Waals surface area contributed by atoms with E-state index in [1.807, 2.05) is 6.07 Å². The third-order valence-corrected chi connectivity index (χ3v) is 1.35. The topological polar surface area (TPSA) is 20.2 Å². The standard InChI is InChI=1S/C8H6F3O/c9-8(10,11)7-3-1-2-6(4-7)5-12/h1-2,4,12H,5H2. The Balaban J connectivity index is 3.02. The number of hydrogen-bond acceptors (Lipinski definition) is 1. The molecule has 0 saturated heterocycles. The van der Waals surface area contributed by atoms with Gasteiger partial charge in [0, 0.05) is 0 Å². The van der Waals surface area contributed by atoms with Gasteiger partial charge in [0.2, 0.25) is 0 Å². The Morgan fingerprint density at radius 1 is 1.42 bits per heavy atom. The molecule has 0 aromatic heterocycles. The molecule has 0 atom stereocenters. The van der Waals surface area contributed by atoms with Gasteiger partial charge in [0.25, 0.3) is 0 Å². The molecule has 1 aromatic rings. The number of benzene rings is 1. The van der Waals surface area contributed by atoms with Crippen LogP contribution >= 0.6 is 0 Å². The van der Waals surface area contributed by atoms with Crippen molar-refractivity contribution in [2.24, 2.45) is 0 Å². The van der Waals surface area contributed by atoms with E-state index in [1.54, 1.807) is 0 Å². The van der Waals surface area contributed by atoms with Gasteiger partial charge in [-0.05, 0) is 17.7 Å². The number of alkyl halides is 3. The lowest BCUT2D eigenvalue weighted by Crippen LogP contribution is -2.05. The van der Waals surface area contributed by atoms with Crippen molar-refractivity contribution >= 4 is 0 Å². The molecule has 0 amide bonds. The second-order valence-electron chi connectivity index (χ2n) is 2.27. The number of aliphatic hydroxyl groups excluding tert-OH is 1. The fourth-order valence-corrected chi connectivity index (χ4v) is 0.776. The third kappa shape index (κ3) is 1.98. The first-order chi connectivity index (χ1) is 5.54. The monoisotopic (exact) mass is 175 g/mol. The number of rotatable bonds is 1. The lowest BCUT2D eigenvalue weighted by Gasteiger charge is -2.06. The van der Waals surface area contributed by atoms with Crippen LogP contribution in [0.3, 0.4) is 0 Å². The highest BCUT2D eigenvalue weighted by atomic mass is 19.4. The fourth-order valence-electron chi connectivity index (χ4n) is 0.776. The van der Waals surface area contributed by atoms with Gasteiger partial charge in [0.05, 0.1) is 12.2 Å². The second kappa shape index (κ2) is 3.15. The predicted molar refractivity (Wildman–Crippen MR) is 36.2 cm³/mol. The van der Waals surface area contributed by atoms with E-state index in [9.17, 15) is 13.2 Å². The van der Waals surface area contributed by atoms with E-state index in [4.69, 9.17) is 5.11 Å². The fraction of sp³-hybridized carbons (Fsp3) is 0.250. The van der Waals surface area contributed by atoms with Gasteiger partial charge < -0.3 is 5.11 Å². The molecule has 0 bridgehead atoms. The van der Waals surface area contributed by atoms with Crippen LogP contribution in [0.5, 0.6) is 0 Å². The highest BCUT2D eigenvalue weighted by molar-refractivity contribution is 5.23. The Bertz CT molecular complexity index is 267. The summed E-state index contributed by atoms with van der Waals surface area (Å²) in [5.41, 5.74) is -0.616. The smallest absolute Gasteiger partial charge is 0.392 e. The lowest BCUT2D eigenvalue weighted by atomic mass is 10.1. The van der Waals surface area contributed by atoms with E-state index in [-0.39, 0.29) is 5.56 Å². The summed E-state index contributed by atoms with van der Waals surface area (Å²) in [7, 11) is 0. The average molecular weight is 175 g/mol. The number of aliphatic hydroxyl groups is 1. The molecule has 1 radical (unpaired) electrons. The van der Waals surface area contributed by atoms with E-state index in [1.165, 1.54) is 6.07 Å². The van der Waals surface area contributed by atoms with Gasteiger partial charge in [-0.1, -0.05) is 12.1 Å². The SMILES string of the molecule is OCc1cc[c]c(C(F)(F)F)c1. The maximum absolute atomic E-state index is 12.0. The van der Waals surface area contributed by atoms with Gasteiger partial charge in [-0.3, -0.25) is 0 Å². The Morgan fingerprint density at radius 3 is 2.58 bits per heavy atom. The molecule has 0 spiro atoms. The minimum Gasteiger partial charge on any atom is -0.392 e. The van der Waals surface area contributed by atoms with Gasteiger partial charge in [-0.2, -0.15) is 13.2 Å². The van der Waals surface area contributed by atoms with Crippen molar-refractivity contribution in [2.75, 3.05) is 0 Å². The Kier molecular flexibility index (Phi) is 2.38. The highest BCUT2D eigenvalue weighted by Gasteiger charge is 2.30. The summed E-state index contributed by atoms with van der Waals surface area (Å²) in [6, 6.07) is 5.45. The van der Waals surface area contributed by atoms with Crippen LogP contribution in [0.1, 0.15) is 11.1 Å². The van der Waals surface area contributed by atoms with Crippen LogP contribution in [0.25, 0.3) is 0 Å². The zero-order valence-electron chi connectivity index (χ0n) is 6.02. The normalized spacial score (nSPS) is 11.7. The molecule has 1 nitrogen and oxygen atoms in total. The summed E-state index contributed by atoms with van der Waals surface area (Å²) < 4.78 is 36.0. The Morgan fingerprint density at radius 2 is 2.08 bits per heavy atom. The number of halogens is 3. The molecule has 0 fully saturated rings. The minimum atomic E-state index is -4.38. The van der Waals surface area contributed by atoms with Gasteiger partial charge >= 0.3 is 6.18 Å². The van der Waals surface area contributed by atoms with Gasteiger partial charge in [0.15, 0.2) is 0 Å². The molecular formula is C8H6F3O. The maximum atomic E-state index is 12.0. The Labute approximate surface area is 67.5 Å². The molecule has 0 aliphatic carbocycles. The average Bonchev–Trinajstić information content (AvgIpc) is 2.03. The predicted octanol–water partition coefficient (Wildman–Crippen LogP) is 2.00. The first-order valence-corrected chi connectivity index (χ1v) is 3.22. The van der Waals surface area contributed by atoms with Crippen molar-refractivity contribution in [1.82, 2.24) is 0 Å². The second-order valence-corrected chi connectivity index (χ2v) is 2.27. The quantitative estimate of drug-likeness (QED) is 0.692. The molecule has 0 aliphatic heterocycles. The molecule has 0 heterocycles. The van der Waals surface area contributed by atoms with Crippen molar-refractivity contribution in [1.29, 1.82) is 0 Å². The first-order valence-electron chi connectivity index (χ1n) is 3.22. The van der Waals surface area contributed by atoms with Gasteiger partial charge in [0.1, 0.15) is 0 Å². The third-order valence-electron chi connectivity index (χ3n) is 1.35. The molecule has 0 saturated carbocycles. The summed E-state index contributed by atoms with van der Waals surface area (Å²) >= 11 is 0. The van der Waals surface area contributed by atoms with E-state index < -0.39 is 18.3 Å². The van der Waals surface area contributed by atoms with Crippen LogP contribution in [0.15, 0.2) is 18.2 Å². The van der Waals surface area contributed by atoms with Crippen LogP contribution in [-0.4, -0.2) is 5.11 Å². The highest BCUT2D eigenvalue weighted by Crippen LogP contribution is 2.28. The van der Waals surface area contributed by atoms with E-state index >= 15 is 0 Å². The van der Waals surface area contributed by atoms with Crippen LogP contribution in [0, 0.1) is 6.07 Å². The summed E-state index contributed by atoms with van der Waals surface area (Å²) in [6.07, 6.45) is -4.38. The van der Waals surface area contributed by atoms with Crippen molar-refractivity contribution in [3.63, 3.8) is 0 Å². The van der Waals surface area contributed by atoms with Crippen LogP contribution in [0.4, 0.5) is 13.2 Å². The van der Waals surface area contributed by atoms with Crippen molar-refractivity contribution in [3.05, 3.63) is 35.4 Å². The van der Waals surface area contributed by atoms with Crippen molar-refractivity contribution < 1.29 is 18.3 Å². The number of hydrogen-bond donors (Lipinski definition) is 1. The zero-order chi connectivity index (χ0) is 9.19. The van der Waals surface area contributed by atoms with Crippen molar-refractivity contribution in [3.8, 4) is 0 Å². The molecular weight excluding hydrogens is 169 g/mol. The summed E-state index contributed by atoms with van der Waals surface area (Å²) in [5.74, 6) is 0. The van der Waals surface area contributed by atoms with Crippen molar-refractivity contribution in [2.45, 2.75) is 12.8 Å². The van der Waals surface area contributed by atoms with Gasteiger partial charge in [-0.25, -0.2) is 0 Å². The summed E-state index contributed by atoms with van der Waals surface area (Å²) in [5, 5.41) is 8.55.